The van der Waals surface area contributed by atoms with E-state index < -0.39 is 11.2 Å². The van der Waals surface area contributed by atoms with Crippen LogP contribution in [0.15, 0.2) is 18.2 Å². The van der Waals surface area contributed by atoms with Gasteiger partial charge in [-0.05, 0) is 17.7 Å². The molecule has 4 heteroatoms. The number of nitriles is 1. The summed E-state index contributed by atoms with van der Waals surface area (Å²) in [5, 5.41) is 17.9. The molecule has 1 aromatic carbocycles. The second-order valence-electron chi connectivity index (χ2n) is 3.73. The summed E-state index contributed by atoms with van der Waals surface area (Å²) in [7, 11) is 0. The fourth-order valence-corrected chi connectivity index (χ4v) is 1.26. The third-order valence-corrected chi connectivity index (χ3v) is 2.58. The average molecular weight is 208 g/mol. The molecule has 0 saturated heterocycles. The van der Waals surface area contributed by atoms with E-state index in [1.54, 1.807) is 19.1 Å². The molecule has 80 valence electrons. The van der Waals surface area contributed by atoms with Gasteiger partial charge in [0.15, 0.2) is 0 Å². The van der Waals surface area contributed by atoms with Crippen molar-refractivity contribution in [2.75, 3.05) is 13.2 Å². The molecule has 1 unspecified atom stereocenters. The van der Waals surface area contributed by atoms with E-state index >= 15 is 0 Å². The van der Waals surface area contributed by atoms with Gasteiger partial charge in [0.1, 0.15) is 11.9 Å². The number of halogens is 1. The van der Waals surface area contributed by atoms with Crippen molar-refractivity contribution in [1.82, 2.24) is 0 Å². The van der Waals surface area contributed by atoms with Crippen LogP contribution in [0.2, 0.25) is 0 Å². The summed E-state index contributed by atoms with van der Waals surface area (Å²) in [5.74, 6) is -0.557. The molecule has 0 heterocycles. The van der Waals surface area contributed by atoms with Crippen LogP contribution >= 0.6 is 0 Å². The van der Waals surface area contributed by atoms with Crippen molar-refractivity contribution in [3.63, 3.8) is 0 Å². The van der Waals surface area contributed by atoms with Crippen LogP contribution in [-0.4, -0.2) is 18.3 Å². The Morgan fingerprint density at radius 2 is 2.27 bits per heavy atom. The van der Waals surface area contributed by atoms with Crippen molar-refractivity contribution >= 4 is 0 Å². The molecule has 0 aliphatic carbocycles. The summed E-state index contributed by atoms with van der Waals surface area (Å²) in [6, 6.07) is 5.95. The van der Waals surface area contributed by atoms with E-state index in [0.717, 1.165) is 0 Å². The lowest BCUT2D eigenvalue weighted by Crippen LogP contribution is -2.35. The highest BCUT2D eigenvalue weighted by Crippen LogP contribution is 2.23. The monoisotopic (exact) mass is 208 g/mol. The van der Waals surface area contributed by atoms with Crippen molar-refractivity contribution in [3.05, 3.63) is 35.1 Å². The van der Waals surface area contributed by atoms with Gasteiger partial charge in [-0.15, -0.1) is 0 Å². The lowest BCUT2D eigenvalue weighted by molar-refractivity contribution is 0.210. The van der Waals surface area contributed by atoms with Gasteiger partial charge in [0.25, 0.3) is 0 Å². The third-order valence-electron chi connectivity index (χ3n) is 2.58. The van der Waals surface area contributed by atoms with E-state index in [4.69, 9.17) is 11.0 Å². The number of aliphatic hydroxyl groups is 1. The van der Waals surface area contributed by atoms with E-state index in [1.807, 2.05) is 0 Å². The molecule has 1 atom stereocenters. The van der Waals surface area contributed by atoms with Gasteiger partial charge in [-0.3, -0.25) is 0 Å². The van der Waals surface area contributed by atoms with E-state index in [9.17, 15) is 9.50 Å². The maximum Gasteiger partial charge on any atom is 0.140 e. The van der Waals surface area contributed by atoms with Crippen LogP contribution in [0.1, 0.15) is 18.1 Å². The summed E-state index contributed by atoms with van der Waals surface area (Å²) < 4.78 is 13.0. The number of rotatable bonds is 3. The molecule has 0 amide bonds. The van der Waals surface area contributed by atoms with Crippen molar-refractivity contribution in [3.8, 4) is 6.07 Å². The number of hydrogen-bond donors (Lipinski definition) is 2. The second kappa shape index (κ2) is 4.39. The lowest BCUT2D eigenvalue weighted by atomic mass is 9.83. The van der Waals surface area contributed by atoms with Crippen LogP contribution in [0.4, 0.5) is 4.39 Å². The van der Waals surface area contributed by atoms with Gasteiger partial charge in [-0.2, -0.15) is 5.26 Å². The minimum absolute atomic E-state index is 0.0272. The van der Waals surface area contributed by atoms with Crippen LogP contribution in [0.3, 0.4) is 0 Å². The molecule has 0 aromatic heterocycles. The highest BCUT2D eigenvalue weighted by atomic mass is 19.1. The Labute approximate surface area is 87.9 Å². The van der Waals surface area contributed by atoms with Crippen LogP contribution in [0.25, 0.3) is 0 Å². The minimum Gasteiger partial charge on any atom is -0.395 e. The zero-order valence-electron chi connectivity index (χ0n) is 8.50. The molecule has 0 saturated carbocycles. The highest BCUT2D eigenvalue weighted by Gasteiger charge is 2.24. The Kier molecular flexibility index (Phi) is 3.40. The molecule has 1 rings (SSSR count). The quantitative estimate of drug-likeness (QED) is 0.775. The number of benzene rings is 1. The number of nitrogens with two attached hydrogens (primary N) is 1. The fourth-order valence-electron chi connectivity index (χ4n) is 1.26. The summed E-state index contributed by atoms with van der Waals surface area (Å²) in [4.78, 5) is 0. The smallest absolute Gasteiger partial charge is 0.140 e. The normalized spacial score (nSPS) is 14.3. The van der Waals surface area contributed by atoms with Crippen molar-refractivity contribution in [2.24, 2.45) is 5.73 Å². The summed E-state index contributed by atoms with van der Waals surface area (Å²) >= 11 is 0. The van der Waals surface area contributed by atoms with Crippen molar-refractivity contribution in [2.45, 2.75) is 12.3 Å². The van der Waals surface area contributed by atoms with E-state index in [2.05, 4.69) is 0 Å². The Balaban J connectivity index is 3.22. The molecule has 0 radical (unpaired) electrons. The number of nitrogens with zero attached hydrogens (tertiary/aromatic N) is 1. The molecule has 0 spiro atoms. The molecule has 0 aliphatic rings. The van der Waals surface area contributed by atoms with Crippen LogP contribution in [-0.2, 0) is 5.41 Å². The predicted molar refractivity (Wildman–Crippen MR) is 54.6 cm³/mol. The Hall–Kier alpha value is -1.44. The van der Waals surface area contributed by atoms with Crippen LogP contribution in [0, 0.1) is 17.1 Å². The summed E-state index contributed by atoms with van der Waals surface area (Å²) in [6.07, 6.45) is 0. The molecule has 0 bridgehead atoms. The maximum absolute atomic E-state index is 13.0. The van der Waals surface area contributed by atoms with E-state index in [-0.39, 0.29) is 18.7 Å². The first kappa shape index (κ1) is 11.6. The molecule has 0 fully saturated rings. The second-order valence-corrected chi connectivity index (χ2v) is 3.73. The van der Waals surface area contributed by atoms with Gasteiger partial charge < -0.3 is 10.8 Å². The topological polar surface area (TPSA) is 70.0 Å². The molecule has 1 aromatic rings. The van der Waals surface area contributed by atoms with Crippen LogP contribution in [0.5, 0.6) is 0 Å². The molecule has 3 N–H and O–H groups in total. The zero-order chi connectivity index (χ0) is 11.5. The van der Waals surface area contributed by atoms with E-state index in [0.29, 0.717) is 5.56 Å². The molecular weight excluding hydrogens is 195 g/mol. The first-order chi connectivity index (χ1) is 7.07. The number of hydrogen-bond acceptors (Lipinski definition) is 3. The zero-order valence-corrected chi connectivity index (χ0v) is 8.50. The first-order valence-corrected chi connectivity index (χ1v) is 4.58. The summed E-state index contributed by atoms with van der Waals surface area (Å²) in [5.41, 5.74) is 5.56. The van der Waals surface area contributed by atoms with Gasteiger partial charge in [-0.25, -0.2) is 4.39 Å². The van der Waals surface area contributed by atoms with Gasteiger partial charge in [-0.1, -0.05) is 13.0 Å². The average Bonchev–Trinajstić information content (AvgIpc) is 2.28. The van der Waals surface area contributed by atoms with Crippen molar-refractivity contribution < 1.29 is 9.50 Å². The predicted octanol–water partition coefficient (Wildman–Crippen LogP) is 0.906. The van der Waals surface area contributed by atoms with Gasteiger partial charge >= 0.3 is 0 Å². The maximum atomic E-state index is 13.0. The van der Waals surface area contributed by atoms with Crippen LogP contribution < -0.4 is 5.73 Å². The Bertz CT molecular complexity index is 394. The molecule has 0 aliphatic heterocycles. The summed E-state index contributed by atoms with van der Waals surface area (Å²) in [6.45, 7) is 1.86. The first-order valence-electron chi connectivity index (χ1n) is 4.58. The molecule has 15 heavy (non-hydrogen) atoms. The highest BCUT2D eigenvalue weighted by molar-refractivity contribution is 5.38. The third kappa shape index (κ3) is 2.14. The Morgan fingerprint density at radius 3 is 2.73 bits per heavy atom. The minimum atomic E-state index is -0.626. The standard InChI is InChI=1S/C11H13FN2O/c1-11(6-14,7-15)9-2-3-10(12)8(4-9)5-13/h2-4,15H,6-7,14H2,1H3. The largest absolute Gasteiger partial charge is 0.395 e. The van der Waals surface area contributed by atoms with Gasteiger partial charge in [0.2, 0.25) is 0 Å². The van der Waals surface area contributed by atoms with E-state index in [1.165, 1.54) is 12.1 Å². The lowest BCUT2D eigenvalue weighted by Gasteiger charge is -2.26. The Morgan fingerprint density at radius 1 is 1.60 bits per heavy atom. The van der Waals surface area contributed by atoms with Gasteiger partial charge in [0, 0.05) is 12.0 Å². The number of aliphatic hydroxyl groups excluding tert-OH is 1. The molecular formula is C11H13FN2O. The van der Waals surface area contributed by atoms with Gasteiger partial charge in [0.05, 0.1) is 12.2 Å². The fraction of sp³-hybridized carbons (Fsp3) is 0.364. The molecule has 3 nitrogen and oxygen atoms in total. The SMILES string of the molecule is CC(CN)(CO)c1ccc(F)c(C#N)c1. The van der Waals surface area contributed by atoms with Crippen molar-refractivity contribution in [1.29, 1.82) is 5.26 Å².